The number of allylic oxidation sites excluding steroid dienone is 4. The Hall–Kier alpha value is -3.65. The van der Waals surface area contributed by atoms with Crippen LogP contribution in [-0.2, 0) is 4.79 Å². The Labute approximate surface area is 157 Å². The van der Waals surface area contributed by atoms with Crippen molar-refractivity contribution in [2.24, 2.45) is 0 Å². The van der Waals surface area contributed by atoms with E-state index in [-0.39, 0.29) is 5.78 Å². The van der Waals surface area contributed by atoms with Crippen LogP contribution >= 0.6 is 0 Å². The minimum absolute atomic E-state index is 0.0270. The van der Waals surface area contributed by atoms with Gasteiger partial charge in [0.15, 0.2) is 5.78 Å². The zero-order valence-corrected chi connectivity index (χ0v) is 14.6. The monoisotopic (exact) mass is 348 g/mol. The summed E-state index contributed by atoms with van der Waals surface area (Å²) in [4.78, 5) is 12.5. The van der Waals surface area contributed by atoms with E-state index >= 15 is 0 Å². The lowest BCUT2D eigenvalue weighted by Crippen LogP contribution is -2.05. The van der Waals surface area contributed by atoms with Gasteiger partial charge in [-0.2, -0.15) is 0 Å². The molecule has 1 heterocycles. The molecule has 0 saturated carbocycles. The Kier molecular flexibility index (Phi) is 3.61. The third kappa shape index (κ3) is 2.63. The van der Waals surface area contributed by atoms with Gasteiger partial charge in [0.1, 0.15) is 11.5 Å². The normalized spacial score (nSPS) is 15.6. The largest absolute Gasteiger partial charge is 0.456 e. The van der Waals surface area contributed by atoms with Gasteiger partial charge in [-0.05, 0) is 41.0 Å². The summed E-state index contributed by atoms with van der Waals surface area (Å²) in [5.74, 6) is 1.69. The summed E-state index contributed by atoms with van der Waals surface area (Å²) in [6, 6.07) is 23.9. The highest BCUT2D eigenvalue weighted by atomic mass is 16.5. The molecule has 0 bridgehead atoms. The number of para-hydroxylation sites is 2. The highest BCUT2D eigenvalue weighted by Gasteiger charge is 2.21. The van der Waals surface area contributed by atoms with Crippen molar-refractivity contribution >= 4 is 23.0 Å². The molecule has 0 N–H and O–H groups in total. The second-order valence-electron chi connectivity index (χ2n) is 6.54. The molecule has 0 amide bonds. The Morgan fingerprint density at radius 2 is 1.15 bits per heavy atom. The summed E-state index contributed by atoms with van der Waals surface area (Å²) in [7, 11) is 0. The zero-order chi connectivity index (χ0) is 18.2. The van der Waals surface area contributed by atoms with Crippen molar-refractivity contribution in [3.05, 3.63) is 113 Å². The summed E-state index contributed by atoms with van der Waals surface area (Å²) in [6.07, 6.45) is 7.47. The SMILES string of the molecule is O=C1C=Cc2ccccc2/C1=C/C=C1c2ccccc2Oc2ccccc21. The average Bonchev–Trinajstić information content (AvgIpc) is 2.72. The zero-order valence-electron chi connectivity index (χ0n) is 14.6. The molecule has 2 nitrogen and oxygen atoms in total. The van der Waals surface area contributed by atoms with Crippen LogP contribution in [0, 0.1) is 0 Å². The number of ether oxygens (including phenoxy) is 1. The second-order valence-corrected chi connectivity index (χ2v) is 6.54. The van der Waals surface area contributed by atoms with Crippen LogP contribution in [0.5, 0.6) is 11.5 Å². The van der Waals surface area contributed by atoms with Crippen molar-refractivity contribution in [2.45, 2.75) is 0 Å². The molecule has 0 saturated heterocycles. The number of carbonyl (C=O) groups excluding carboxylic acids is 1. The maximum absolute atomic E-state index is 12.5. The molecular weight excluding hydrogens is 332 g/mol. The van der Waals surface area contributed by atoms with Gasteiger partial charge in [-0.1, -0.05) is 72.8 Å². The fourth-order valence-electron chi connectivity index (χ4n) is 3.61. The Balaban J connectivity index is 1.69. The molecule has 0 radical (unpaired) electrons. The van der Waals surface area contributed by atoms with Crippen LogP contribution in [0.15, 0.2) is 91.0 Å². The summed E-state index contributed by atoms with van der Waals surface area (Å²) in [5.41, 5.74) is 5.85. The second kappa shape index (κ2) is 6.26. The van der Waals surface area contributed by atoms with Crippen molar-refractivity contribution in [2.75, 3.05) is 0 Å². The molecule has 3 aromatic rings. The molecule has 0 unspecified atom stereocenters. The van der Waals surface area contributed by atoms with Crippen molar-refractivity contribution in [1.82, 2.24) is 0 Å². The molecular formula is C25H16O2. The summed E-state index contributed by atoms with van der Waals surface area (Å²) < 4.78 is 6.04. The lowest BCUT2D eigenvalue weighted by atomic mass is 9.89. The summed E-state index contributed by atoms with van der Waals surface area (Å²) in [5, 5.41) is 0. The molecule has 128 valence electrons. The first-order valence-corrected chi connectivity index (χ1v) is 8.92. The van der Waals surface area contributed by atoms with Gasteiger partial charge in [-0.15, -0.1) is 0 Å². The van der Waals surface area contributed by atoms with E-state index in [1.807, 2.05) is 91.0 Å². The first-order valence-electron chi connectivity index (χ1n) is 8.92. The lowest BCUT2D eigenvalue weighted by Gasteiger charge is -2.22. The smallest absolute Gasteiger partial charge is 0.186 e. The average molecular weight is 348 g/mol. The number of rotatable bonds is 1. The molecule has 1 aliphatic heterocycles. The first-order chi connectivity index (χ1) is 13.3. The molecule has 0 fully saturated rings. The summed E-state index contributed by atoms with van der Waals surface area (Å²) >= 11 is 0. The van der Waals surface area contributed by atoms with E-state index in [1.165, 1.54) is 0 Å². The number of hydrogen-bond acceptors (Lipinski definition) is 2. The van der Waals surface area contributed by atoms with Crippen LogP contribution in [0.4, 0.5) is 0 Å². The van der Waals surface area contributed by atoms with E-state index in [0.29, 0.717) is 5.57 Å². The van der Waals surface area contributed by atoms with Crippen LogP contribution in [0.25, 0.3) is 17.2 Å². The van der Waals surface area contributed by atoms with Gasteiger partial charge in [0.25, 0.3) is 0 Å². The van der Waals surface area contributed by atoms with E-state index < -0.39 is 0 Å². The number of ketones is 1. The minimum Gasteiger partial charge on any atom is -0.456 e. The van der Waals surface area contributed by atoms with Gasteiger partial charge < -0.3 is 4.74 Å². The molecule has 3 aromatic carbocycles. The lowest BCUT2D eigenvalue weighted by molar-refractivity contribution is -0.109. The van der Waals surface area contributed by atoms with Crippen LogP contribution in [-0.4, -0.2) is 5.78 Å². The van der Waals surface area contributed by atoms with E-state index in [2.05, 4.69) is 0 Å². The van der Waals surface area contributed by atoms with Gasteiger partial charge in [0.2, 0.25) is 0 Å². The minimum atomic E-state index is 0.0270. The predicted molar refractivity (Wildman–Crippen MR) is 108 cm³/mol. The third-order valence-corrected chi connectivity index (χ3v) is 4.92. The topological polar surface area (TPSA) is 26.3 Å². The Bertz CT molecular complexity index is 1110. The molecule has 2 aliphatic rings. The van der Waals surface area contributed by atoms with Crippen molar-refractivity contribution < 1.29 is 9.53 Å². The van der Waals surface area contributed by atoms with E-state index in [1.54, 1.807) is 6.08 Å². The fourth-order valence-corrected chi connectivity index (χ4v) is 3.61. The Morgan fingerprint density at radius 1 is 0.593 bits per heavy atom. The van der Waals surface area contributed by atoms with E-state index in [9.17, 15) is 4.79 Å². The van der Waals surface area contributed by atoms with Gasteiger partial charge >= 0.3 is 0 Å². The number of benzene rings is 3. The van der Waals surface area contributed by atoms with Crippen molar-refractivity contribution in [1.29, 1.82) is 0 Å². The molecule has 5 rings (SSSR count). The molecule has 1 aliphatic carbocycles. The van der Waals surface area contributed by atoms with Gasteiger partial charge in [0, 0.05) is 16.7 Å². The number of hydrogen-bond donors (Lipinski definition) is 0. The fraction of sp³-hybridized carbons (Fsp3) is 0. The third-order valence-electron chi connectivity index (χ3n) is 4.92. The molecule has 0 spiro atoms. The van der Waals surface area contributed by atoms with E-state index in [4.69, 9.17) is 4.74 Å². The van der Waals surface area contributed by atoms with Gasteiger partial charge in [0.05, 0.1) is 0 Å². The van der Waals surface area contributed by atoms with E-state index in [0.717, 1.165) is 39.3 Å². The number of fused-ring (bicyclic) bond motifs is 3. The standard InChI is InChI=1S/C25H16O2/c26-23-16-13-17-7-1-2-8-18(17)20(23)15-14-19-21-9-3-5-11-24(21)27-25-12-6-4-10-22(19)25/h1-16H/b20-15-. The highest BCUT2D eigenvalue weighted by Crippen LogP contribution is 2.43. The van der Waals surface area contributed by atoms with Crippen molar-refractivity contribution in [3.63, 3.8) is 0 Å². The Morgan fingerprint density at radius 3 is 1.85 bits per heavy atom. The maximum Gasteiger partial charge on any atom is 0.186 e. The summed E-state index contributed by atoms with van der Waals surface area (Å²) in [6.45, 7) is 0. The molecule has 0 aromatic heterocycles. The van der Waals surface area contributed by atoms with Gasteiger partial charge in [-0.25, -0.2) is 0 Å². The van der Waals surface area contributed by atoms with Crippen molar-refractivity contribution in [3.8, 4) is 11.5 Å². The first kappa shape index (κ1) is 15.6. The predicted octanol–water partition coefficient (Wildman–Crippen LogP) is 5.90. The van der Waals surface area contributed by atoms with Crippen LogP contribution in [0.3, 0.4) is 0 Å². The van der Waals surface area contributed by atoms with Crippen LogP contribution in [0.2, 0.25) is 0 Å². The molecule has 27 heavy (non-hydrogen) atoms. The number of carbonyl (C=O) groups is 1. The van der Waals surface area contributed by atoms with Gasteiger partial charge in [-0.3, -0.25) is 4.79 Å². The van der Waals surface area contributed by atoms with Crippen LogP contribution < -0.4 is 4.74 Å². The quantitative estimate of drug-likeness (QED) is 0.400. The molecule has 2 heteroatoms. The molecule has 0 atom stereocenters. The highest BCUT2D eigenvalue weighted by molar-refractivity contribution is 6.30. The van der Waals surface area contributed by atoms with Crippen LogP contribution in [0.1, 0.15) is 22.3 Å². The maximum atomic E-state index is 12.5.